The second-order valence-electron chi connectivity index (χ2n) is 5.00. The zero-order chi connectivity index (χ0) is 17.1. The predicted molar refractivity (Wildman–Crippen MR) is 77.2 cm³/mol. The van der Waals surface area contributed by atoms with Crippen LogP contribution in [0.5, 0.6) is 0 Å². The molecule has 0 saturated carbocycles. The highest BCUT2D eigenvalue weighted by Gasteiger charge is 2.20. The van der Waals surface area contributed by atoms with Crippen LogP contribution >= 0.6 is 0 Å². The highest BCUT2D eigenvalue weighted by atomic mass is 19.2. The molecule has 6 nitrogen and oxygen atoms in total. The normalized spacial score (nSPS) is 12.0. The quantitative estimate of drug-likeness (QED) is 0.481. The van der Waals surface area contributed by atoms with Gasteiger partial charge in [0.05, 0.1) is 4.92 Å². The second kappa shape index (κ2) is 6.47. The summed E-state index contributed by atoms with van der Waals surface area (Å²) in [6, 6.07) is 5.17. The number of aromatic nitrogens is 1. The molecular formula is C15H12F2N2O4. The first-order valence-corrected chi connectivity index (χ1v) is 6.64. The van der Waals surface area contributed by atoms with Gasteiger partial charge in [0.25, 0.3) is 0 Å². The van der Waals surface area contributed by atoms with Crippen molar-refractivity contribution in [1.82, 2.24) is 4.57 Å². The number of pyridine rings is 1. The van der Waals surface area contributed by atoms with Crippen LogP contribution in [0.4, 0.5) is 14.5 Å². The maximum atomic E-state index is 13.2. The van der Waals surface area contributed by atoms with E-state index in [1.807, 2.05) is 0 Å². The van der Waals surface area contributed by atoms with Crippen LogP contribution in [0.2, 0.25) is 0 Å². The number of carbonyl (C=O) groups excluding carboxylic acids is 1. The van der Waals surface area contributed by atoms with Gasteiger partial charge in [-0.15, -0.1) is 0 Å². The van der Waals surface area contributed by atoms with E-state index in [1.54, 1.807) is 0 Å². The molecule has 0 saturated heterocycles. The van der Waals surface area contributed by atoms with Crippen molar-refractivity contribution < 1.29 is 18.5 Å². The van der Waals surface area contributed by atoms with E-state index in [4.69, 9.17) is 0 Å². The molecule has 0 aliphatic heterocycles. The highest BCUT2D eigenvalue weighted by Crippen LogP contribution is 2.14. The summed E-state index contributed by atoms with van der Waals surface area (Å²) in [5.74, 6) is -3.46. The number of rotatable bonds is 5. The van der Waals surface area contributed by atoms with Crippen LogP contribution in [-0.4, -0.2) is 15.3 Å². The van der Waals surface area contributed by atoms with Gasteiger partial charge in [-0.3, -0.25) is 19.7 Å². The number of nitrogens with zero attached hydrogens (tertiary/aromatic N) is 2. The minimum atomic E-state index is -1.14. The maximum absolute atomic E-state index is 13.2. The summed E-state index contributed by atoms with van der Waals surface area (Å²) in [6.45, 7) is 1.38. The Morgan fingerprint density at radius 1 is 1.30 bits per heavy atom. The molecule has 0 radical (unpaired) electrons. The topological polar surface area (TPSA) is 82.2 Å². The summed E-state index contributed by atoms with van der Waals surface area (Å²) in [5.41, 5.74) is -1.46. The monoisotopic (exact) mass is 322 g/mol. The molecule has 2 rings (SSSR count). The molecule has 1 atom stereocenters. The standard InChI is InChI=1S/C15H12F2N2O4/c1-9(14(20)10-4-5-11(16)12(17)7-10)8-18-6-2-3-13(15(18)21)19(22)23/h2-7,9H,8H2,1H3/t9-/m1/s1. The number of ketones is 1. The molecular weight excluding hydrogens is 310 g/mol. The van der Waals surface area contributed by atoms with Gasteiger partial charge in [0.15, 0.2) is 17.4 Å². The molecule has 0 fully saturated rings. The van der Waals surface area contributed by atoms with Crippen molar-refractivity contribution in [3.05, 3.63) is 74.2 Å². The van der Waals surface area contributed by atoms with Gasteiger partial charge >= 0.3 is 11.2 Å². The zero-order valence-corrected chi connectivity index (χ0v) is 12.0. The molecule has 0 spiro atoms. The lowest BCUT2D eigenvalue weighted by Crippen LogP contribution is -2.27. The van der Waals surface area contributed by atoms with Crippen LogP contribution in [0.25, 0.3) is 0 Å². The van der Waals surface area contributed by atoms with E-state index in [-0.39, 0.29) is 12.1 Å². The zero-order valence-electron chi connectivity index (χ0n) is 12.0. The Kier molecular flexibility index (Phi) is 4.63. The van der Waals surface area contributed by atoms with Crippen molar-refractivity contribution >= 4 is 11.5 Å². The summed E-state index contributed by atoms with van der Waals surface area (Å²) in [7, 11) is 0. The fourth-order valence-corrected chi connectivity index (χ4v) is 2.12. The van der Waals surface area contributed by atoms with Gasteiger partial charge in [-0.2, -0.15) is 0 Å². The molecule has 1 aromatic carbocycles. The van der Waals surface area contributed by atoms with E-state index in [0.29, 0.717) is 0 Å². The fraction of sp³-hybridized carbons (Fsp3) is 0.200. The number of halogens is 2. The van der Waals surface area contributed by atoms with Gasteiger partial charge in [0, 0.05) is 30.3 Å². The number of hydrogen-bond acceptors (Lipinski definition) is 4. The molecule has 0 unspecified atom stereocenters. The minimum absolute atomic E-state index is 0.0325. The largest absolute Gasteiger partial charge is 0.334 e. The third-order valence-corrected chi connectivity index (χ3v) is 3.32. The lowest BCUT2D eigenvalue weighted by Gasteiger charge is -2.12. The molecule has 0 aliphatic rings. The third-order valence-electron chi connectivity index (χ3n) is 3.32. The van der Waals surface area contributed by atoms with Crippen LogP contribution in [0.15, 0.2) is 41.3 Å². The smallest absolute Gasteiger partial charge is 0.309 e. The molecule has 8 heteroatoms. The fourth-order valence-electron chi connectivity index (χ4n) is 2.12. The van der Waals surface area contributed by atoms with Crippen LogP contribution in [0, 0.1) is 27.7 Å². The number of carbonyl (C=O) groups is 1. The summed E-state index contributed by atoms with van der Waals surface area (Å²) < 4.78 is 27.1. The molecule has 120 valence electrons. The van der Waals surface area contributed by atoms with Gasteiger partial charge in [-0.1, -0.05) is 6.92 Å². The van der Waals surface area contributed by atoms with Crippen molar-refractivity contribution in [3.63, 3.8) is 0 Å². The molecule has 0 aliphatic carbocycles. The molecule has 23 heavy (non-hydrogen) atoms. The first kappa shape index (κ1) is 16.5. The predicted octanol–water partition coefficient (Wildman–Crippen LogP) is 2.55. The van der Waals surface area contributed by atoms with Gasteiger partial charge in [-0.05, 0) is 24.3 Å². The molecule has 0 amide bonds. The van der Waals surface area contributed by atoms with E-state index in [1.165, 1.54) is 19.2 Å². The molecule has 1 heterocycles. The molecule has 1 aromatic heterocycles. The minimum Gasteiger partial charge on any atom is -0.309 e. The molecule has 0 bridgehead atoms. The first-order valence-electron chi connectivity index (χ1n) is 6.64. The second-order valence-corrected chi connectivity index (χ2v) is 5.00. The summed E-state index contributed by atoms with van der Waals surface area (Å²) in [5, 5.41) is 10.7. The molecule has 2 aromatic rings. The van der Waals surface area contributed by atoms with Crippen molar-refractivity contribution in [1.29, 1.82) is 0 Å². The average molecular weight is 322 g/mol. The summed E-state index contributed by atoms with van der Waals surface area (Å²) in [4.78, 5) is 34.0. The average Bonchev–Trinajstić information content (AvgIpc) is 2.51. The Hall–Kier alpha value is -2.90. The third kappa shape index (κ3) is 3.47. The highest BCUT2D eigenvalue weighted by molar-refractivity contribution is 5.97. The Balaban J connectivity index is 2.25. The number of nitro groups is 1. The van der Waals surface area contributed by atoms with Crippen molar-refractivity contribution in [3.8, 4) is 0 Å². The van der Waals surface area contributed by atoms with E-state index >= 15 is 0 Å². The Morgan fingerprint density at radius 3 is 2.61 bits per heavy atom. The van der Waals surface area contributed by atoms with Crippen molar-refractivity contribution in [2.75, 3.05) is 0 Å². The van der Waals surface area contributed by atoms with Gasteiger partial charge < -0.3 is 4.57 Å². The number of hydrogen-bond donors (Lipinski definition) is 0. The number of Topliss-reactive ketones (excluding diaryl/α,β-unsaturated/α-hetero) is 1. The van der Waals surface area contributed by atoms with E-state index in [2.05, 4.69) is 0 Å². The summed E-state index contributed by atoms with van der Waals surface area (Å²) >= 11 is 0. The number of benzene rings is 1. The lowest BCUT2D eigenvalue weighted by atomic mass is 9.99. The summed E-state index contributed by atoms with van der Waals surface area (Å²) in [6.07, 6.45) is 1.32. The Morgan fingerprint density at radius 2 is 2.00 bits per heavy atom. The van der Waals surface area contributed by atoms with Crippen LogP contribution < -0.4 is 5.56 Å². The first-order chi connectivity index (χ1) is 10.8. The van der Waals surface area contributed by atoms with Crippen molar-refractivity contribution in [2.45, 2.75) is 13.5 Å². The molecule has 0 N–H and O–H groups in total. The van der Waals surface area contributed by atoms with Gasteiger partial charge in [0.1, 0.15) is 0 Å². The van der Waals surface area contributed by atoms with E-state index < -0.39 is 39.5 Å². The lowest BCUT2D eigenvalue weighted by molar-refractivity contribution is -0.386. The van der Waals surface area contributed by atoms with Crippen molar-refractivity contribution in [2.24, 2.45) is 5.92 Å². The van der Waals surface area contributed by atoms with Gasteiger partial charge in [0.2, 0.25) is 0 Å². The van der Waals surface area contributed by atoms with E-state index in [9.17, 15) is 28.5 Å². The van der Waals surface area contributed by atoms with E-state index in [0.717, 1.165) is 28.8 Å². The van der Waals surface area contributed by atoms with Gasteiger partial charge in [-0.25, -0.2) is 8.78 Å². The van der Waals surface area contributed by atoms with Crippen LogP contribution in [0.1, 0.15) is 17.3 Å². The Bertz CT molecular complexity index is 832. The SMILES string of the molecule is C[C@H](Cn1cccc([N+](=O)[O-])c1=O)C(=O)c1ccc(F)c(F)c1. The Labute approximate surface area is 129 Å². The van der Waals surface area contributed by atoms with Crippen LogP contribution in [-0.2, 0) is 6.54 Å². The van der Waals surface area contributed by atoms with Crippen LogP contribution in [0.3, 0.4) is 0 Å². The maximum Gasteiger partial charge on any atom is 0.334 e.